The van der Waals surface area contributed by atoms with Gasteiger partial charge in [-0.15, -0.1) is 0 Å². The molecule has 0 spiro atoms. The highest BCUT2D eigenvalue weighted by atomic mass is 32.2. The lowest BCUT2D eigenvalue weighted by Crippen LogP contribution is -2.34. The number of hydrogen-bond donors (Lipinski definition) is 0. The van der Waals surface area contributed by atoms with Gasteiger partial charge < -0.3 is 4.74 Å². The molecule has 0 unspecified atom stereocenters. The molecule has 0 atom stereocenters. The number of carbonyl (C=O) groups excluding carboxylic acids is 1. The second-order valence-electron chi connectivity index (χ2n) is 5.56. The number of para-hydroxylation sites is 1. The molecule has 0 radical (unpaired) electrons. The summed E-state index contributed by atoms with van der Waals surface area (Å²) in [5.41, 5.74) is 1.57. The van der Waals surface area contributed by atoms with Crippen molar-refractivity contribution < 1.29 is 17.9 Å². The van der Waals surface area contributed by atoms with Crippen LogP contribution in [0.1, 0.15) is 11.1 Å². The fraction of sp³-hybridized carbons (Fsp3) is 0.211. The summed E-state index contributed by atoms with van der Waals surface area (Å²) in [6, 6.07) is 13.4. The number of benzene rings is 2. The van der Waals surface area contributed by atoms with Gasteiger partial charge in [-0.1, -0.05) is 48.6 Å². The van der Waals surface area contributed by atoms with Gasteiger partial charge in [-0.05, 0) is 25.1 Å². The van der Waals surface area contributed by atoms with Crippen LogP contribution >= 0.6 is 0 Å². The molecule has 2 rings (SSSR count). The van der Waals surface area contributed by atoms with Gasteiger partial charge in [0.1, 0.15) is 12.4 Å². The van der Waals surface area contributed by atoms with Gasteiger partial charge in [0.05, 0.1) is 11.3 Å². The lowest BCUT2D eigenvalue weighted by Gasteiger charge is -2.18. The molecule has 0 aliphatic heterocycles. The van der Waals surface area contributed by atoms with Gasteiger partial charge in [0.15, 0.2) is 0 Å². The SMILES string of the molecule is C=CCOc1ccccc1CC(=O)N(C)S(=O)(=O)c1ccc(C)cc1. The summed E-state index contributed by atoms with van der Waals surface area (Å²) in [5.74, 6) is 0.00659. The van der Waals surface area contributed by atoms with Crippen molar-refractivity contribution in [1.29, 1.82) is 0 Å². The Morgan fingerprint density at radius 1 is 1.16 bits per heavy atom. The van der Waals surface area contributed by atoms with E-state index in [1.54, 1.807) is 42.5 Å². The first kappa shape index (κ1) is 18.7. The van der Waals surface area contributed by atoms with Gasteiger partial charge in [0, 0.05) is 12.6 Å². The molecule has 5 nitrogen and oxygen atoms in total. The van der Waals surface area contributed by atoms with E-state index >= 15 is 0 Å². The molecule has 25 heavy (non-hydrogen) atoms. The molecule has 0 saturated carbocycles. The van der Waals surface area contributed by atoms with Crippen LogP contribution in [0.25, 0.3) is 0 Å². The van der Waals surface area contributed by atoms with Crippen molar-refractivity contribution in [1.82, 2.24) is 4.31 Å². The number of sulfonamides is 1. The fourth-order valence-corrected chi connectivity index (χ4v) is 3.34. The molecular weight excluding hydrogens is 338 g/mol. The number of nitrogens with zero attached hydrogens (tertiary/aromatic N) is 1. The average molecular weight is 359 g/mol. The van der Waals surface area contributed by atoms with E-state index in [1.807, 2.05) is 6.92 Å². The standard InChI is InChI=1S/C19H21NO4S/c1-4-13-24-18-8-6-5-7-16(18)14-19(21)20(3)25(22,23)17-11-9-15(2)10-12-17/h4-12H,1,13-14H2,2-3H3. The van der Waals surface area contributed by atoms with Gasteiger partial charge in [0.25, 0.3) is 10.0 Å². The van der Waals surface area contributed by atoms with E-state index in [0.29, 0.717) is 17.9 Å². The Labute approximate surface area is 148 Å². The Balaban J connectivity index is 2.20. The van der Waals surface area contributed by atoms with Gasteiger partial charge in [-0.2, -0.15) is 0 Å². The Morgan fingerprint density at radius 3 is 2.44 bits per heavy atom. The first-order chi connectivity index (χ1) is 11.9. The van der Waals surface area contributed by atoms with Crippen molar-refractivity contribution in [2.75, 3.05) is 13.7 Å². The third-order valence-corrected chi connectivity index (χ3v) is 5.49. The van der Waals surface area contributed by atoms with E-state index < -0.39 is 15.9 Å². The monoisotopic (exact) mass is 359 g/mol. The maximum atomic E-state index is 12.6. The summed E-state index contributed by atoms with van der Waals surface area (Å²) in [7, 11) is -2.61. The highest BCUT2D eigenvalue weighted by Crippen LogP contribution is 2.21. The molecule has 0 aliphatic carbocycles. The van der Waals surface area contributed by atoms with Crippen LogP contribution in [0.3, 0.4) is 0 Å². The smallest absolute Gasteiger partial charge is 0.266 e. The molecule has 0 bridgehead atoms. The lowest BCUT2D eigenvalue weighted by molar-refractivity contribution is -0.124. The van der Waals surface area contributed by atoms with Crippen LogP contribution < -0.4 is 4.74 Å². The summed E-state index contributed by atoms with van der Waals surface area (Å²) in [6.45, 7) is 5.76. The minimum Gasteiger partial charge on any atom is -0.489 e. The molecular formula is C19H21NO4S. The zero-order valence-corrected chi connectivity index (χ0v) is 15.1. The third kappa shape index (κ3) is 4.48. The Hall–Kier alpha value is -2.60. The highest BCUT2D eigenvalue weighted by Gasteiger charge is 2.26. The Bertz CT molecular complexity index is 857. The van der Waals surface area contributed by atoms with E-state index in [2.05, 4.69) is 6.58 Å². The predicted octanol–water partition coefficient (Wildman–Crippen LogP) is 2.95. The molecule has 0 saturated heterocycles. The molecule has 132 valence electrons. The van der Waals surface area contributed by atoms with Crippen molar-refractivity contribution in [3.8, 4) is 5.75 Å². The van der Waals surface area contributed by atoms with E-state index in [0.717, 1.165) is 9.87 Å². The van der Waals surface area contributed by atoms with Crippen molar-refractivity contribution in [2.24, 2.45) is 0 Å². The molecule has 0 aliphatic rings. The molecule has 6 heteroatoms. The van der Waals surface area contributed by atoms with Crippen LogP contribution in [0.15, 0.2) is 66.1 Å². The number of carbonyl (C=O) groups is 1. The normalized spacial score (nSPS) is 11.0. The minimum atomic E-state index is -3.88. The molecule has 2 aromatic rings. The lowest BCUT2D eigenvalue weighted by atomic mass is 10.1. The van der Waals surface area contributed by atoms with Crippen LogP contribution in [0.5, 0.6) is 5.75 Å². The maximum Gasteiger partial charge on any atom is 0.266 e. The summed E-state index contributed by atoms with van der Waals surface area (Å²) >= 11 is 0. The number of likely N-dealkylation sites (N-methyl/N-ethyl adjacent to an activating group) is 1. The van der Waals surface area contributed by atoms with Crippen LogP contribution in [-0.2, 0) is 21.2 Å². The topological polar surface area (TPSA) is 63.7 Å². The summed E-state index contributed by atoms with van der Waals surface area (Å²) in [4.78, 5) is 12.6. The van der Waals surface area contributed by atoms with Crippen LogP contribution in [0.2, 0.25) is 0 Å². The third-order valence-electron chi connectivity index (χ3n) is 3.70. The first-order valence-electron chi connectivity index (χ1n) is 7.76. The van der Waals surface area contributed by atoms with E-state index in [9.17, 15) is 13.2 Å². The molecule has 0 fully saturated rings. The Morgan fingerprint density at radius 2 is 1.80 bits per heavy atom. The Kier molecular flexibility index (Phi) is 5.98. The quantitative estimate of drug-likeness (QED) is 0.713. The number of aryl methyl sites for hydroxylation is 1. The van der Waals surface area contributed by atoms with Gasteiger partial charge in [-0.25, -0.2) is 12.7 Å². The summed E-state index contributed by atoms with van der Waals surface area (Å²) < 4.78 is 31.5. The number of ether oxygens (including phenoxy) is 1. The summed E-state index contributed by atoms with van der Waals surface area (Å²) in [5, 5.41) is 0. The zero-order chi connectivity index (χ0) is 18.4. The van der Waals surface area contributed by atoms with Gasteiger partial charge in [-0.3, -0.25) is 4.79 Å². The second-order valence-corrected chi connectivity index (χ2v) is 7.53. The number of hydrogen-bond acceptors (Lipinski definition) is 4. The number of amides is 1. The highest BCUT2D eigenvalue weighted by molar-refractivity contribution is 7.89. The molecule has 1 amide bonds. The largest absolute Gasteiger partial charge is 0.489 e. The predicted molar refractivity (Wildman–Crippen MR) is 97.0 cm³/mol. The van der Waals surface area contributed by atoms with Crippen LogP contribution in [0.4, 0.5) is 0 Å². The van der Waals surface area contributed by atoms with Crippen LogP contribution in [0, 0.1) is 6.92 Å². The van der Waals surface area contributed by atoms with Crippen LogP contribution in [-0.4, -0.2) is 32.3 Å². The van der Waals surface area contributed by atoms with E-state index in [-0.39, 0.29) is 11.3 Å². The molecule has 0 aromatic heterocycles. The van der Waals surface area contributed by atoms with Crippen molar-refractivity contribution in [3.63, 3.8) is 0 Å². The fourth-order valence-electron chi connectivity index (χ4n) is 2.22. The van der Waals surface area contributed by atoms with Gasteiger partial charge >= 0.3 is 0 Å². The van der Waals surface area contributed by atoms with Gasteiger partial charge in [0.2, 0.25) is 5.91 Å². The molecule has 2 aromatic carbocycles. The van der Waals surface area contributed by atoms with E-state index in [4.69, 9.17) is 4.74 Å². The summed E-state index contributed by atoms with van der Waals surface area (Å²) in [6.07, 6.45) is 1.53. The molecule has 0 N–H and O–H groups in total. The minimum absolute atomic E-state index is 0.0745. The average Bonchev–Trinajstić information content (AvgIpc) is 2.60. The zero-order valence-electron chi connectivity index (χ0n) is 14.3. The van der Waals surface area contributed by atoms with Crippen molar-refractivity contribution in [2.45, 2.75) is 18.2 Å². The molecule has 0 heterocycles. The van der Waals surface area contributed by atoms with E-state index in [1.165, 1.54) is 19.2 Å². The maximum absolute atomic E-state index is 12.6. The number of rotatable bonds is 7. The van der Waals surface area contributed by atoms with Crippen molar-refractivity contribution >= 4 is 15.9 Å². The first-order valence-corrected chi connectivity index (χ1v) is 9.20. The van der Waals surface area contributed by atoms with Crippen molar-refractivity contribution in [3.05, 3.63) is 72.3 Å². The second kappa shape index (κ2) is 7.98.